The smallest absolute Gasteiger partial charge is 0.289 e. The third-order valence-electron chi connectivity index (χ3n) is 1.68. The van der Waals surface area contributed by atoms with Crippen LogP contribution in [0.4, 0.5) is 0 Å². The van der Waals surface area contributed by atoms with E-state index < -0.39 is 0 Å². The van der Waals surface area contributed by atoms with Gasteiger partial charge in [-0.1, -0.05) is 4.98 Å². The Labute approximate surface area is 63.9 Å². The monoisotopic (exact) mass is 149 g/mol. The molecule has 0 unspecified atom stereocenters. The second kappa shape index (κ2) is 1.95. The lowest BCUT2D eigenvalue weighted by Gasteiger charge is -1.84. The fourth-order valence-corrected chi connectivity index (χ4v) is 1.08. The van der Waals surface area contributed by atoms with Crippen molar-refractivity contribution in [2.45, 2.75) is 6.92 Å². The molecule has 4 nitrogen and oxygen atoms in total. The van der Waals surface area contributed by atoms with E-state index >= 15 is 0 Å². The van der Waals surface area contributed by atoms with Crippen LogP contribution in [0.25, 0.3) is 5.78 Å². The highest BCUT2D eigenvalue weighted by atomic mass is 15.4. The molecule has 0 saturated carbocycles. The van der Waals surface area contributed by atoms with Crippen LogP contribution < -0.4 is 10.2 Å². The lowest BCUT2D eigenvalue weighted by molar-refractivity contribution is -0.513. The Bertz CT molecular complexity index is 390. The van der Waals surface area contributed by atoms with Crippen LogP contribution >= 0.6 is 0 Å². The summed E-state index contributed by atoms with van der Waals surface area (Å²) in [5, 5.41) is 0. The molecule has 0 atom stereocenters. The van der Waals surface area contributed by atoms with Crippen molar-refractivity contribution in [2.24, 2.45) is 0 Å². The molecule has 11 heavy (non-hydrogen) atoms. The molecule has 0 fully saturated rings. The van der Waals surface area contributed by atoms with Crippen LogP contribution in [-0.4, -0.2) is 9.66 Å². The molecule has 0 aromatic carbocycles. The summed E-state index contributed by atoms with van der Waals surface area (Å²) in [5.74, 6) is 6.43. The van der Waals surface area contributed by atoms with Gasteiger partial charge in [-0.05, 0) is 6.92 Å². The van der Waals surface area contributed by atoms with Crippen LogP contribution in [0.5, 0.6) is 0 Å². The fourth-order valence-electron chi connectivity index (χ4n) is 1.08. The molecule has 0 aliphatic carbocycles. The quantitative estimate of drug-likeness (QED) is 0.411. The molecule has 2 N–H and O–H groups in total. The van der Waals surface area contributed by atoms with Gasteiger partial charge >= 0.3 is 5.78 Å². The number of aromatic nitrogens is 3. The lowest BCUT2D eigenvalue weighted by Crippen LogP contribution is -2.22. The average Bonchev–Trinajstić information content (AvgIpc) is 2.30. The Morgan fingerprint density at radius 1 is 1.64 bits per heavy atom. The van der Waals surface area contributed by atoms with E-state index in [0.29, 0.717) is 0 Å². The van der Waals surface area contributed by atoms with Crippen molar-refractivity contribution in [1.29, 1.82) is 0 Å². The van der Waals surface area contributed by atoms with Crippen molar-refractivity contribution in [3.05, 3.63) is 30.4 Å². The molecule has 2 aromatic rings. The number of hydrogen-bond acceptors (Lipinski definition) is 2. The Hall–Kier alpha value is -1.58. The van der Waals surface area contributed by atoms with Gasteiger partial charge < -0.3 is 0 Å². The number of hydrogen-bond donors (Lipinski definition) is 1. The second-order valence-electron chi connectivity index (χ2n) is 2.47. The molecule has 2 heterocycles. The maximum Gasteiger partial charge on any atom is 0.425 e. The largest absolute Gasteiger partial charge is 0.425 e. The summed E-state index contributed by atoms with van der Waals surface area (Å²) in [7, 11) is 0. The predicted molar refractivity (Wildman–Crippen MR) is 40.3 cm³/mol. The molecule has 0 radical (unpaired) electrons. The number of nitrogens with zero attached hydrogens (tertiary/aromatic N) is 3. The summed E-state index contributed by atoms with van der Waals surface area (Å²) in [5.41, 5.74) is 0.990. The molecule has 56 valence electrons. The zero-order valence-corrected chi connectivity index (χ0v) is 6.23. The highest BCUT2D eigenvalue weighted by Crippen LogP contribution is 1.94. The maximum absolute atomic E-state index is 5.67. The minimum Gasteiger partial charge on any atom is -0.289 e. The molecule has 0 bridgehead atoms. The zero-order chi connectivity index (χ0) is 7.84. The van der Waals surface area contributed by atoms with E-state index in [1.807, 2.05) is 29.8 Å². The molecule has 0 saturated heterocycles. The summed E-state index contributed by atoms with van der Waals surface area (Å²) >= 11 is 0. The first kappa shape index (κ1) is 6.15. The molecule has 0 aliphatic rings. The average molecular weight is 149 g/mol. The van der Waals surface area contributed by atoms with E-state index in [4.69, 9.17) is 5.84 Å². The SMILES string of the molecule is Cc1c[n+]2cccnc2n1N. The van der Waals surface area contributed by atoms with Gasteiger partial charge in [0, 0.05) is 6.07 Å². The van der Waals surface area contributed by atoms with Crippen molar-refractivity contribution in [2.75, 3.05) is 5.84 Å². The molecule has 0 aliphatic heterocycles. The zero-order valence-electron chi connectivity index (χ0n) is 6.23. The van der Waals surface area contributed by atoms with Gasteiger partial charge in [-0.15, -0.1) is 4.68 Å². The number of nitrogens with two attached hydrogens (primary N) is 1. The van der Waals surface area contributed by atoms with Crippen LogP contribution in [-0.2, 0) is 0 Å². The summed E-state index contributed by atoms with van der Waals surface area (Å²) in [6, 6.07) is 1.87. The first-order valence-corrected chi connectivity index (χ1v) is 3.38. The number of rotatable bonds is 0. The molecule has 4 heteroatoms. The summed E-state index contributed by atoms with van der Waals surface area (Å²) in [6.07, 6.45) is 5.57. The van der Waals surface area contributed by atoms with Crippen LogP contribution in [0, 0.1) is 6.92 Å². The van der Waals surface area contributed by atoms with Crippen LogP contribution in [0.2, 0.25) is 0 Å². The van der Waals surface area contributed by atoms with Gasteiger partial charge in [0.15, 0.2) is 0 Å². The number of fused-ring (bicyclic) bond motifs is 1. The normalized spacial score (nSPS) is 10.6. The lowest BCUT2D eigenvalue weighted by atomic mass is 10.6. The van der Waals surface area contributed by atoms with Gasteiger partial charge in [0.05, 0.1) is 6.20 Å². The van der Waals surface area contributed by atoms with Gasteiger partial charge in [0.1, 0.15) is 18.1 Å². The Morgan fingerprint density at radius 2 is 2.45 bits per heavy atom. The van der Waals surface area contributed by atoms with Crippen LogP contribution in [0.1, 0.15) is 5.69 Å². The Balaban J connectivity index is 2.92. The van der Waals surface area contributed by atoms with E-state index in [1.54, 1.807) is 10.9 Å². The highest BCUT2D eigenvalue weighted by molar-refractivity contribution is 5.20. The third-order valence-corrected chi connectivity index (χ3v) is 1.68. The van der Waals surface area contributed by atoms with Crippen molar-refractivity contribution in [3.63, 3.8) is 0 Å². The van der Waals surface area contributed by atoms with E-state index in [1.165, 1.54) is 0 Å². The minimum absolute atomic E-state index is 0.755. The summed E-state index contributed by atoms with van der Waals surface area (Å²) in [6.45, 7) is 1.94. The summed E-state index contributed by atoms with van der Waals surface area (Å²) < 4.78 is 3.44. The standard InChI is InChI=1S/C7H9N4/c1-6-5-10-4-2-3-9-7(10)11(6)8/h2-5H,8H2,1H3/q+1. The van der Waals surface area contributed by atoms with Crippen molar-refractivity contribution in [3.8, 4) is 0 Å². The van der Waals surface area contributed by atoms with Crippen LogP contribution in [0.15, 0.2) is 24.7 Å². The first-order valence-electron chi connectivity index (χ1n) is 3.38. The maximum atomic E-state index is 5.67. The number of imidazole rings is 1. The van der Waals surface area contributed by atoms with Crippen molar-refractivity contribution in [1.82, 2.24) is 9.66 Å². The van der Waals surface area contributed by atoms with Gasteiger partial charge in [-0.3, -0.25) is 5.84 Å². The molecular weight excluding hydrogens is 140 g/mol. The summed E-state index contributed by atoms with van der Waals surface area (Å²) in [4.78, 5) is 4.10. The third kappa shape index (κ3) is 0.756. The van der Waals surface area contributed by atoms with Gasteiger partial charge in [-0.25, -0.2) is 4.40 Å². The van der Waals surface area contributed by atoms with Crippen molar-refractivity contribution >= 4 is 5.78 Å². The second-order valence-corrected chi connectivity index (χ2v) is 2.47. The Morgan fingerprint density at radius 3 is 3.18 bits per heavy atom. The molecule has 0 amide bonds. The predicted octanol–water partition coefficient (Wildman–Crippen LogP) is -0.356. The van der Waals surface area contributed by atoms with E-state index in [2.05, 4.69) is 4.98 Å². The topological polar surface area (TPSA) is 47.9 Å². The number of nitrogen functional groups attached to an aromatic ring is 1. The van der Waals surface area contributed by atoms with Crippen molar-refractivity contribution < 1.29 is 4.40 Å². The van der Waals surface area contributed by atoms with Gasteiger partial charge in [0.25, 0.3) is 0 Å². The first-order chi connectivity index (χ1) is 5.29. The highest BCUT2D eigenvalue weighted by Gasteiger charge is 2.09. The van der Waals surface area contributed by atoms with Gasteiger partial charge in [-0.2, -0.15) is 0 Å². The Kier molecular flexibility index (Phi) is 1.09. The van der Waals surface area contributed by atoms with E-state index in [0.717, 1.165) is 11.5 Å². The van der Waals surface area contributed by atoms with E-state index in [-0.39, 0.29) is 0 Å². The molecule has 2 aromatic heterocycles. The minimum atomic E-state index is 0.755. The van der Waals surface area contributed by atoms with E-state index in [9.17, 15) is 0 Å². The molecule has 0 spiro atoms. The fraction of sp³-hybridized carbons (Fsp3) is 0.143. The van der Waals surface area contributed by atoms with Gasteiger partial charge in [0.2, 0.25) is 0 Å². The van der Waals surface area contributed by atoms with Crippen LogP contribution in [0.3, 0.4) is 0 Å². The molecular formula is C7H9N4+. The number of aryl methyl sites for hydroxylation is 1. The molecule has 2 rings (SSSR count).